The molecule has 2 aromatic heterocycles. The molecule has 3 rings (SSSR count). The van der Waals surface area contributed by atoms with E-state index in [1.54, 1.807) is 24.7 Å². The minimum atomic E-state index is -0.177. The zero-order valence-electron chi connectivity index (χ0n) is 10.4. The summed E-state index contributed by atoms with van der Waals surface area (Å²) in [7, 11) is 1.93. The molecule has 0 saturated carbocycles. The first kappa shape index (κ1) is 11.4. The number of rotatable bonds is 2. The van der Waals surface area contributed by atoms with E-state index in [-0.39, 0.29) is 5.91 Å². The zero-order chi connectivity index (χ0) is 13.2. The van der Waals surface area contributed by atoms with Gasteiger partial charge >= 0.3 is 0 Å². The van der Waals surface area contributed by atoms with Crippen molar-refractivity contribution in [2.45, 2.75) is 0 Å². The van der Waals surface area contributed by atoms with E-state index in [1.807, 2.05) is 29.8 Å². The van der Waals surface area contributed by atoms with Gasteiger partial charge in [-0.05, 0) is 30.3 Å². The summed E-state index contributed by atoms with van der Waals surface area (Å²) in [5.41, 5.74) is 3.13. The summed E-state index contributed by atoms with van der Waals surface area (Å²) in [6.45, 7) is 0. The Morgan fingerprint density at radius 2 is 2.21 bits per heavy atom. The third-order valence-corrected chi connectivity index (χ3v) is 2.91. The Balaban J connectivity index is 1.87. The normalized spacial score (nSPS) is 10.6. The van der Waals surface area contributed by atoms with Crippen LogP contribution in [0.5, 0.6) is 0 Å². The Morgan fingerprint density at radius 3 is 3.00 bits per heavy atom. The van der Waals surface area contributed by atoms with Crippen LogP contribution in [0.3, 0.4) is 0 Å². The predicted octanol–water partition coefficient (Wildman–Crippen LogP) is 2.22. The van der Waals surface area contributed by atoms with Crippen LogP contribution in [0.25, 0.3) is 11.0 Å². The maximum atomic E-state index is 12.0. The van der Waals surface area contributed by atoms with Gasteiger partial charge in [0.1, 0.15) is 0 Å². The third-order valence-electron chi connectivity index (χ3n) is 2.91. The molecule has 0 atom stereocenters. The Hall–Kier alpha value is -2.69. The molecular weight excluding hydrogens is 240 g/mol. The fraction of sp³-hybridized carbons (Fsp3) is 0.0714. The van der Waals surface area contributed by atoms with E-state index in [0.29, 0.717) is 5.56 Å². The molecule has 0 aliphatic rings. The zero-order valence-corrected chi connectivity index (χ0v) is 10.4. The van der Waals surface area contributed by atoms with E-state index in [0.717, 1.165) is 16.7 Å². The number of benzene rings is 1. The number of hydrogen-bond donors (Lipinski definition) is 1. The highest BCUT2D eigenvalue weighted by atomic mass is 16.1. The van der Waals surface area contributed by atoms with Gasteiger partial charge in [0, 0.05) is 25.1 Å². The molecule has 19 heavy (non-hydrogen) atoms. The minimum Gasteiger partial charge on any atom is -0.334 e. The first-order valence-corrected chi connectivity index (χ1v) is 5.86. The maximum absolute atomic E-state index is 12.0. The molecule has 1 aromatic carbocycles. The minimum absolute atomic E-state index is 0.177. The van der Waals surface area contributed by atoms with Crippen molar-refractivity contribution in [2.24, 2.45) is 7.05 Å². The molecule has 0 radical (unpaired) electrons. The molecule has 1 amide bonds. The SMILES string of the molecule is Cn1cnc2cc(NC(=O)c3cccnc3)ccc21. The molecule has 1 N–H and O–H groups in total. The summed E-state index contributed by atoms with van der Waals surface area (Å²) in [6.07, 6.45) is 4.92. The summed E-state index contributed by atoms with van der Waals surface area (Å²) in [4.78, 5) is 20.2. The summed E-state index contributed by atoms with van der Waals surface area (Å²) < 4.78 is 1.93. The Bertz CT molecular complexity index is 734. The lowest BCUT2D eigenvalue weighted by Gasteiger charge is -2.05. The van der Waals surface area contributed by atoms with E-state index < -0.39 is 0 Å². The van der Waals surface area contributed by atoms with Crippen LogP contribution in [-0.4, -0.2) is 20.4 Å². The van der Waals surface area contributed by atoms with Gasteiger partial charge in [-0.25, -0.2) is 4.98 Å². The topological polar surface area (TPSA) is 59.8 Å². The molecule has 2 heterocycles. The number of carbonyl (C=O) groups is 1. The van der Waals surface area contributed by atoms with Gasteiger partial charge in [0.05, 0.1) is 22.9 Å². The van der Waals surface area contributed by atoms with Crippen LogP contribution in [0, 0.1) is 0 Å². The average molecular weight is 252 g/mol. The first-order chi connectivity index (χ1) is 9.24. The van der Waals surface area contributed by atoms with Crippen LogP contribution in [0.4, 0.5) is 5.69 Å². The molecule has 0 aliphatic carbocycles. The fourth-order valence-corrected chi connectivity index (χ4v) is 1.91. The van der Waals surface area contributed by atoms with Crippen LogP contribution < -0.4 is 5.32 Å². The van der Waals surface area contributed by atoms with Crippen molar-refractivity contribution >= 4 is 22.6 Å². The molecule has 0 saturated heterocycles. The van der Waals surface area contributed by atoms with Crippen molar-refractivity contribution in [3.05, 3.63) is 54.6 Å². The molecule has 0 unspecified atom stereocenters. The predicted molar refractivity (Wildman–Crippen MR) is 72.9 cm³/mol. The van der Waals surface area contributed by atoms with Crippen LogP contribution in [0.15, 0.2) is 49.1 Å². The van der Waals surface area contributed by atoms with E-state index in [9.17, 15) is 4.79 Å². The highest BCUT2D eigenvalue weighted by molar-refractivity contribution is 6.04. The molecule has 0 aliphatic heterocycles. The number of pyridine rings is 1. The average Bonchev–Trinajstić information content (AvgIpc) is 2.81. The van der Waals surface area contributed by atoms with Gasteiger partial charge in [-0.2, -0.15) is 0 Å². The maximum Gasteiger partial charge on any atom is 0.257 e. The Labute approximate surface area is 109 Å². The number of fused-ring (bicyclic) bond motifs is 1. The summed E-state index contributed by atoms with van der Waals surface area (Å²) >= 11 is 0. The van der Waals surface area contributed by atoms with Crippen molar-refractivity contribution < 1.29 is 4.79 Å². The van der Waals surface area contributed by atoms with Crippen molar-refractivity contribution in [1.82, 2.24) is 14.5 Å². The first-order valence-electron chi connectivity index (χ1n) is 5.86. The lowest BCUT2D eigenvalue weighted by molar-refractivity contribution is 0.102. The number of nitrogens with zero attached hydrogens (tertiary/aromatic N) is 3. The highest BCUT2D eigenvalue weighted by Gasteiger charge is 2.07. The van der Waals surface area contributed by atoms with E-state index >= 15 is 0 Å². The smallest absolute Gasteiger partial charge is 0.257 e. The summed E-state index contributed by atoms with van der Waals surface area (Å²) in [5, 5.41) is 2.83. The Morgan fingerprint density at radius 1 is 1.32 bits per heavy atom. The largest absolute Gasteiger partial charge is 0.334 e. The van der Waals surface area contributed by atoms with E-state index in [4.69, 9.17) is 0 Å². The number of nitrogens with one attached hydrogen (secondary N) is 1. The number of aryl methyl sites for hydroxylation is 1. The quantitative estimate of drug-likeness (QED) is 0.760. The molecular formula is C14H12N4O. The van der Waals surface area contributed by atoms with Gasteiger partial charge in [-0.3, -0.25) is 9.78 Å². The molecule has 0 spiro atoms. The van der Waals surface area contributed by atoms with E-state index in [2.05, 4.69) is 15.3 Å². The standard InChI is InChI=1S/C14H12N4O/c1-18-9-16-12-7-11(4-5-13(12)18)17-14(19)10-3-2-6-15-8-10/h2-9H,1H3,(H,17,19). The number of aromatic nitrogens is 3. The van der Waals surface area contributed by atoms with Gasteiger partial charge in [0.15, 0.2) is 0 Å². The van der Waals surface area contributed by atoms with Gasteiger partial charge in [0.25, 0.3) is 5.91 Å². The lowest BCUT2D eigenvalue weighted by Crippen LogP contribution is -2.11. The molecule has 0 fully saturated rings. The van der Waals surface area contributed by atoms with Crippen molar-refractivity contribution in [3.63, 3.8) is 0 Å². The second kappa shape index (κ2) is 4.53. The molecule has 3 aromatic rings. The monoisotopic (exact) mass is 252 g/mol. The number of hydrogen-bond acceptors (Lipinski definition) is 3. The highest BCUT2D eigenvalue weighted by Crippen LogP contribution is 2.17. The second-order valence-electron chi connectivity index (χ2n) is 4.25. The lowest BCUT2D eigenvalue weighted by atomic mass is 10.2. The van der Waals surface area contributed by atoms with Crippen molar-refractivity contribution in [3.8, 4) is 0 Å². The summed E-state index contributed by atoms with van der Waals surface area (Å²) in [6, 6.07) is 9.10. The Kier molecular flexibility index (Phi) is 2.72. The number of anilines is 1. The number of imidazole rings is 1. The van der Waals surface area contributed by atoms with Gasteiger partial charge in [0.2, 0.25) is 0 Å². The molecule has 5 heteroatoms. The summed E-state index contributed by atoms with van der Waals surface area (Å²) in [5.74, 6) is -0.177. The second-order valence-corrected chi connectivity index (χ2v) is 4.25. The van der Waals surface area contributed by atoms with Crippen molar-refractivity contribution in [1.29, 1.82) is 0 Å². The van der Waals surface area contributed by atoms with Crippen LogP contribution in [0.2, 0.25) is 0 Å². The van der Waals surface area contributed by atoms with Crippen LogP contribution >= 0.6 is 0 Å². The number of amides is 1. The molecule has 5 nitrogen and oxygen atoms in total. The van der Waals surface area contributed by atoms with Crippen LogP contribution in [0.1, 0.15) is 10.4 Å². The molecule has 0 bridgehead atoms. The van der Waals surface area contributed by atoms with Gasteiger partial charge in [-0.15, -0.1) is 0 Å². The molecule has 94 valence electrons. The van der Waals surface area contributed by atoms with E-state index in [1.165, 1.54) is 6.20 Å². The number of carbonyl (C=O) groups excluding carboxylic acids is 1. The van der Waals surface area contributed by atoms with Gasteiger partial charge < -0.3 is 9.88 Å². The fourth-order valence-electron chi connectivity index (χ4n) is 1.91. The van der Waals surface area contributed by atoms with Crippen molar-refractivity contribution in [2.75, 3.05) is 5.32 Å². The third kappa shape index (κ3) is 2.18. The van der Waals surface area contributed by atoms with Crippen LogP contribution in [-0.2, 0) is 7.05 Å². The van der Waals surface area contributed by atoms with Gasteiger partial charge in [-0.1, -0.05) is 0 Å².